The van der Waals surface area contributed by atoms with Crippen LogP contribution in [-0.4, -0.2) is 14.7 Å². The van der Waals surface area contributed by atoms with Gasteiger partial charge in [0.2, 0.25) is 0 Å². The summed E-state index contributed by atoms with van der Waals surface area (Å²) in [5.74, 6) is 1.01. The van der Waals surface area contributed by atoms with Gasteiger partial charge in [-0.05, 0) is 25.1 Å². The van der Waals surface area contributed by atoms with E-state index in [2.05, 4.69) is 4.98 Å². The van der Waals surface area contributed by atoms with E-state index in [1.807, 2.05) is 6.92 Å². The van der Waals surface area contributed by atoms with Crippen LogP contribution in [0.4, 0.5) is 5.69 Å². The Kier molecular flexibility index (Phi) is 1.89. The second kappa shape index (κ2) is 3.06. The Labute approximate surface area is 81.6 Å². The van der Waals surface area contributed by atoms with E-state index < -0.39 is 0 Å². The minimum atomic E-state index is 0.195. The summed E-state index contributed by atoms with van der Waals surface area (Å²) < 4.78 is 1.78. The van der Waals surface area contributed by atoms with Gasteiger partial charge in [-0.2, -0.15) is 0 Å². The van der Waals surface area contributed by atoms with Crippen molar-refractivity contribution in [1.82, 2.24) is 9.55 Å². The first-order chi connectivity index (χ1) is 6.68. The minimum Gasteiger partial charge on any atom is -0.506 e. The van der Waals surface area contributed by atoms with Gasteiger partial charge < -0.3 is 15.4 Å². The molecule has 2 rings (SSSR count). The molecule has 0 spiro atoms. The molecule has 3 N–H and O–H groups in total. The molecule has 1 aromatic heterocycles. The van der Waals surface area contributed by atoms with Crippen LogP contribution in [0.1, 0.15) is 5.82 Å². The Morgan fingerprint density at radius 1 is 1.43 bits per heavy atom. The molecule has 72 valence electrons. The molecule has 0 amide bonds. The van der Waals surface area contributed by atoms with Crippen molar-refractivity contribution in [2.45, 2.75) is 6.92 Å². The normalized spacial score (nSPS) is 10.4. The van der Waals surface area contributed by atoms with Crippen LogP contribution in [0, 0.1) is 6.92 Å². The number of imidazole rings is 1. The number of nitrogens with zero attached hydrogens (tertiary/aromatic N) is 2. The van der Waals surface area contributed by atoms with E-state index in [9.17, 15) is 5.11 Å². The fourth-order valence-corrected chi connectivity index (χ4v) is 1.37. The Bertz CT molecular complexity index is 462. The number of nitrogens with two attached hydrogens (primary N) is 1. The van der Waals surface area contributed by atoms with Crippen molar-refractivity contribution < 1.29 is 5.11 Å². The molecule has 14 heavy (non-hydrogen) atoms. The molecule has 0 unspecified atom stereocenters. The van der Waals surface area contributed by atoms with Crippen molar-refractivity contribution in [3.05, 3.63) is 36.4 Å². The summed E-state index contributed by atoms with van der Waals surface area (Å²) in [5, 5.41) is 9.63. The monoisotopic (exact) mass is 189 g/mol. The summed E-state index contributed by atoms with van der Waals surface area (Å²) >= 11 is 0. The quantitative estimate of drug-likeness (QED) is 0.527. The second-order valence-electron chi connectivity index (χ2n) is 3.09. The van der Waals surface area contributed by atoms with Crippen LogP contribution in [-0.2, 0) is 0 Å². The smallest absolute Gasteiger partial charge is 0.139 e. The molecule has 0 fully saturated rings. The van der Waals surface area contributed by atoms with Crippen molar-refractivity contribution in [2.75, 3.05) is 5.73 Å². The van der Waals surface area contributed by atoms with E-state index >= 15 is 0 Å². The number of phenolic OH excluding ortho intramolecular Hbond substituents is 1. The zero-order valence-electron chi connectivity index (χ0n) is 7.81. The second-order valence-corrected chi connectivity index (χ2v) is 3.09. The number of rotatable bonds is 1. The Morgan fingerprint density at radius 2 is 2.21 bits per heavy atom. The fraction of sp³-hybridized carbons (Fsp3) is 0.100. The molecule has 0 bridgehead atoms. The summed E-state index contributed by atoms with van der Waals surface area (Å²) in [5.41, 5.74) is 6.91. The van der Waals surface area contributed by atoms with Gasteiger partial charge in [0.1, 0.15) is 11.6 Å². The molecule has 0 aliphatic heterocycles. The third-order valence-electron chi connectivity index (χ3n) is 2.08. The van der Waals surface area contributed by atoms with Crippen LogP contribution in [0.2, 0.25) is 0 Å². The van der Waals surface area contributed by atoms with Crippen LogP contribution in [0.15, 0.2) is 30.6 Å². The summed E-state index contributed by atoms with van der Waals surface area (Å²) in [6.07, 6.45) is 3.46. The van der Waals surface area contributed by atoms with Gasteiger partial charge in [-0.1, -0.05) is 0 Å². The number of aromatic hydroxyl groups is 1. The summed E-state index contributed by atoms with van der Waals surface area (Å²) in [6, 6.07) is 4.94. The van der Waals surface area contributed by atoms with Crippen molar-refractivity contribution in [1.29, 1.82) is 0 Å². The summed E-state index contributed by atoms with van der Waals surface area (Å²) in [4.78, 5) is 4.07. The summed E-state index contributed by atoms with van der Waals surface area (Å²) in [6.45, 7) is 1.86. The molecule has 4 nitrogen and oxygen atoms in total. The van der Waals surface area contributed by atoms with E-state index in [0.717, 1.165) is 5.82 Å². The average Bonchev–Trinajstić information content (AvgIpc) is 2.56. The molecule has 4 heteroatoms. The lowest BCUT2D eigenvalue weighted by Crippen LogP contribution is -1.97. The van der Waals surface area contributed by atoms with Gasteiger partial charge in [-0.15, -0.1) is 0 Å². The highest BCUT2D eigenvalue weighted by Gasteiger charge is 2.05. The van der Waals surface area contributed by atoms with Crippen LogP contribution in [0.25, 0.3) is 5.69 Å². The third kappa shape index (κ3) is 1.31. The highest BCUT2D eigenvalue weighted by Crippen LogP contribution is 2.24. The lowest BCUT2D eigenvalue weighted by molar-refractivity contribution is 0.472. The zero-order valence-corrected chi connectivity index (χ0v) is 7.81. The van der Waals surface area contributed by atoms with Crippen molar-refractivity contribution in [3.8, 4) is 11.4 Å². The third-order valence-corrected chi connectivity index (χ3v) is 2.08. The highest BCUT2D eigenvalue weighted by molar-refractivity contribution is 5.56. The number of nitrogen functional groups attached to an aromatic ring is 1. The number of anilines is 1. The van der Waals surface area contributed by atoms with Crippen LogP contribution in [0.3, 0.4) is 0 Å². The molecular formula is C10H11N3O. The SMILES string of the molecule is Cc1nccn1-c1cc(N)ccc1O. The van der Waals surface area contributed by atoms with Gasteiger partial charge in [0.15, 0.2) is 0 Å². The van der Waals surface area contributed by atoms with E-state index in [1.165, 1.54) is 0 Å². The predicted molar refractivity (Wildman–Crippen MR) is 54.4 cm³/mol. The van der Waals surface area contributed by atoms with Gasteiger partial charge in [0, 0.05) is 18.1 Å². The van der Waals surface area contributed by atoms with Gasteiger partial charge in [0.25, 0.3) is 0 Å². The fourth-order valence-electron chi connectivity index (χ4n) is 1.37. The molecule has 1 aromatic carbocycles. The lowest BCUT2D eigenvalue weighted by atomic mass is 10.2. The minimum absolute atomic E-state index is 0.195. The molecule has 1 heterocycles. The topological polar surface area (TPSA) is 64.1 Å². The first-order valence-corrected chi connectivity index (χ1v) is 4.27. The number of aromatic nitrogens is 2. The molecule has 0 aliphatic rings. The summed E-state index contributed by atoms with van der Waals surface area (Å²) in [7, 11) is 0. The Balaban J connectivity index is 2.62. The van der Waals surface area contributed by atoms with E-state index in [-0.39, 0.29) is 5.75 Å². The van der Waals surface area contributed by atoms with Gasteiger partial charge in [0.05, 0.1) is 5.69 Å². The average molecular weight is 189 g/mol. The maximum absolute atomic E-state index is 9.63. The van der Waals surface area contributed by atoms with Gasteiger partial charge in [-0.25, -0.2) is 4.98 Å². The zero-order chi connectivity index (χ0) is 10.1. The van der Waals surface area contributed by atoms with E-state index in [1.54, 1.807) is 35.2 Å². The van der Waals surface area contributed by atoms with E-state index in [4.69, 9.17) is 5.73 Å². The number of benzene rings is 1. The maximum Gasteiger partial charge on any atom is 0.139 e. The predicted octanol–water partition coefficient (Wildman–Crippen LogP) is 1.47. The Hall–Kier alpha value is -1.97. The van der Waals surface area contributed by atoms with Gasteiger partial charge in [-0.3, -0.25) is 0 Å². The van der Waals surface area contributed by atoms with Crippen molar-refractivity contribution in [2.24, 2.45) is 0 Å². The standard InChI is InChI=1S/C10H11N3O/c1-7-12-4-5-13(7)9-6-8(11)2-3-10(9)14/h2-6,14H,11H2,1H3. The highest BCUT2D eigenvalue weighted by atomic mass is 16.3. The molecule has 0 saturated heterocycles. The number of hydrogen-bond acceptors (Lipinski definition) is 3. The van der Waals surface area contributed by atoms with Crippen molar-refractivity contribution >= 4 is 5.69 Å². The largest absolute Gasteiger partial charge is 0.506 e. The van der Waals surface area contributed by atoms with Crippen LogP contribution >= 0.6 is 0 Å². The van der Waals surface area contributed by atoms with E-state index in [0.29, 0.717) is 11.4 Å². The molecule has 0 saturated carbocycles. The van der Waals surface area contributed by atoms with Crippen molar-refractivity contribution in [3.63, 3.8) is 0 Å². The molecule has 0 radical (unpaired) electrons. The first kappa shape index (κ1) is 8.62. The first-order valence-electron chi connectivity index (χ1n) is 4.27. The number of aryl methyl sites for hydroxylation is 1. The van der Waals surface area contributed by atoms with Crippen LogP contribution < -0.4 is 5.73 Å². The van der Waals surface area contributed by atoms with Gasteiger partial charge >= 0.3 is 0 Å². The molecule has 0 atom stereocenters. The molecular weight excluding hydrogens is 178 g/mol. The Morgan fingerprint density at radius 3 is 2.86 bits per heavy atom. The maximum atomic E-state index is 9.63. The molecule has 2 aromatic rings. The lowest BCUT2D eigenvalue weighted by Gasteiger charge is -2.07. The van der Waals surface area contributed by atoms with Crippen LogP contribution in [0.5, 0.6) is 5.75 Å². The number of hydrogen-bond donors (Lipinski definition) is 2. The number of phenols is 1. The molecule has 0 aliphatic carbocycles.